The summed E-state index contributed by atoms with van der Waals surface area (Å²) in [5.74, 6) is 0. The minimum absolute atomic E-state index is 0.866. The van der Waals surface area contributed by atoms with Gasteiger partial charge in [-0.2, -0.15) is 0 Å². The van der Waals surface area contributed by atoms with Crippen LogP contribution in [0, 0.1) is 0 Å². The first kappa shape index (κ1) is 19.6. The number of para-hydroxylation sites is 3. The number of hydrogen-bond acceptors (Lipinski definition) is 3. The summed E-state index contributed by atoms with van der Waals surface area (Å²) in [5, 5.41) is 1.21. The van der Waals surface area contributed by atoms with Gasteiger partial charge in [-0.25, -0.2) is 9.97 Å². The fraction of sp³-hybridized carbons (Fsp3) is 0. The first-order valence-electron chi connectivity index (χ1n) is 11.6. The predicted octanol–water partition coefficient (Wildman–Crippen LogP) is 7.43. The second-order valence-corrected chi connectivity index (χ2v) is 8.57. The van der Waals surface area contributed by atoms with Gasteiger partial charge in [-0.1, -0.05) is 66.7 Å². The topological polar surface area (TPSA) is 43.1 Å². The van der Waals surface area contributed by atoms with Crippen LogP contribution in [0.25, 0.3) is 61.4 Å². The smallest absolute Gasteiger partial charge is 0.0950 e. The molecular weight excluding hydrogens is 428 g/mol. The summed E-state index contributed by atoms with van der Waals surface area (Å²) < 4.78 is 2.32. The molecule has 0 bridgehead atoms. The summed E-state index contributed by atoms with van der Waals surface area (Å²) >= 11 is 0. The quantitative estimate of drug-likeness (QED) is 0.282. The van der Waals surface area contributed by atoms with Gasteiger partial charge in [0, 0.05) is 22.7 Å². The second-order valence-electron chi connectivity index (χ2n) is 8.57. The zero-order valence-electron chi connectivity index (χ0n) is 18.8. The number of fused-ring (bicyclic) bond motifs is 5. The van der Waals surface area contributed by atoms with E-state index in [2.05, 4.69) is 82.2 Å². The fourth-order valence-electron chi connectivity index (χ4n) is 4.78. The van der Waals surface area contributed by atoms with Crippen molar-refractivity contribution < 1.29 is 0 Å². The molecular formula is C31H20N4. The number of aromatic nitrogens is 4. The van der Waals surface area contributed by atoms with E-state index in [0.717, 1.165) is 50.5 Å². The summed E-state index contributed by atoms with van der Waals surface area (Å²) in [5.41, 5.74) is 10.1. The lowest BCUT2D eigenvalue weighted by Crippen LogP contribution is -1.95. The van der Waals surface area contributed by atoms with Gasteiger partial charge in [0.15, 0.2) is 0 Å². The van der Waals surface area contributed by atoms with Gasteiger partial charge in [-0.05, 0) is 48.5 Å². The molecule has 0 N–H and O–H groups in total. The third kappa shape index (κ3) is 3.27. The zero-order chi connectivity index (χ0) is 23.2. The van der Waals surface area contributed by atoms with Gasteiger partial charge < -0.3 is 4.40 Å². The van der Waals surface area contributed by atoms with Crippen molar-refractivity contribution in [2.45, 2.75) is 0 Å². The molecule has 0 aliphatic heterocycles. The molecule has 4 nitrogen and oxygen atoms in total. The van der Waals surface area contributed by atoms with E-state index in [1.165, 1.54) is 10.9 Å². The van der Waals surface area contributed by atoms with Crippen LogP contribution in [0.1, 0.15) is 0 Å². The molecule has 0 atom stereocenters. The molecule has 0 radical (unpaired) electrons. The molecule has 4 heterocycles. The summed E-state index contributed by atoms with van der Waals surface area (Å²) in [4.78, 5) is 14.4. The minimum atomic E-state index is 0.866. The summed E-state index contributed by atoms with van der Waals surface area (Å²) in [6.07, 6.45) is 1.79. The highest BCUT2D eigenvalue weighted by atomic mass is 14.9. The molecule has 0 spiro atoms. The monoisotopic (exact) mass is 448 g/mol. The predicted molar refractivity (Wildman–Crippen MR) is 142 cm³/mol. The normalized spacial score (nSPS) is 11.4. The van der Waals surface area contributed by atoms with Crippen LogP contribution in [0.4, 0.5) is 0 Å². The summed E-state index contributed by atoms with van der Waals surface area (Å²) in [7, 11) is 0. The van der Waals surface area contributed by atoms with Crippen molar-refractivity contribution >= 4 is 27.5 Å². The minimum Gasteiger partial charge on any atom is -0.306 e. The van der Waals surface area contributed by atoms with Crippen molar-refractivity contribution in [1.82, 2.24) is 19.4 Å². The van der Waals surface area contributed by atoms with Crippen molar-refractivity contribution in [3.05, 3.63) is 121 Å². The first-order valence-corrected chi connectivity index (χ1v) is 11.6. The van der Waals surface area contributed by atoms with E-state index in [0.29, 0.717) is 0 Å². The van der Waals surface area contributed by atoms with Crippen molar-refractivity contribution in [2.75, 3.05) is 0 Å². The Labute approximate surface area is 202 Å². The summed E-state index contributed by atoms with van der Waals surface area (Å²) in [6, 6.07) is 39.5. The van der Waals surface area contributed by atoms with E-state index < -0.39 is 0 Å². The van der Waals surface area contributed by atoms with E-state index in [1.54, 1.807) is 6.20 Å². The van der Waals surface area contributed by atoms with Gasteiger partial charge in [-0.15, -0.1) is 0 Å². The van der Waals surface area contributed by atoms with Crippen molar-refractivity contribution in [3.63, 3.8) is 0 Å². The third-order valence-corrected chi connectivity index (χ3v) is 6.44. The molecule has 0 amide bonds. The maximum atomic E-state index is 5.08. The molecule has 164 valence electrons. The standard InChI is InChI=1S/C31H20N4/c1-3-13-28-23(8-1)20-30-31(34-27-10-2-4-14-29(27)35(28)30)22-17-15-21(16-18-22)24-11-7-12-26(33-24)25-9-5-6-19-32-25/h1-20H. The Hall–Kier alpha value is -4.83. The van der Waals surface area contributed by atoms with Crippen molar-refractivity contribution in [2.24, 2.45) is 0 Å². The molecule has 3 aromatic carbocycles. The van der Waals surface area contributed by atoms with Crippen LogP contribution in [0.5, 0.6) is 0 Å². The molecule has 0 aliphatic carbocycles. The molecule has 0 unspecified atom stereocenters. The Bertz CT molecular complexity index is 1830. The molecule has 0 fully saturated rings. The molecule has 4 aromatic heterocycles. The van der Waals surface area contributed by atoms with Crippen LogP contribution in [-0.2, 0) is 0 Å². The second kappa shape index (κ2) is 7.89. The zero-order valence-corrected chi connectivity index (χ0v) is 18.8. The molecule has 0 saturated heterocycles. The van der Waals surface area contributed by atoms with Crippen LogP contribution >= 0.6 is 0 Å². The Morgan fingerprint density at radius 3 is 2.06 bits per heavy atom. The van der Waals surface area contributed by atoms with Crippen LogP contribution in [0.2, 0.25) is 0 Å². The Morgan fingerprint density at radius 1 is 0.486 bits per heavy atom. The maximum absolute atomic E-state index is 5.08. The molecule has 4 heteroatoms. The fourth-order valence-corrected chi connectivity index (χ4v) is 4.78. The Kier molecular flexibility index (Phi) is 4.42. The number of hydrogen-bond donors (Lipinski definition) is 0. The van der Waals surface area contributed by atoms with Crippen molar-refractivity contribution in [3.8, 4) is 33.9 Å². The molecule has 0 saturated carbocycles. The van der Waals surface area contributed by atoms with Crippen LogP contribution in [0.15, 0.2) is 121 Å². The van der Waals surface area contributed by atoms with Gasteiger partial charge in [-0.3, -0.25) is 4.98 Å². The van der Waals surface area contributed by atoms with Crippen molar-refractivity contribution in [1.29, 1.82) is 0 Å². The summed E-state index contributed by atoms with van der Waals surface area (Å²) in [6.45, 7) is 0. The van der Waals surface area contributed by atoms with Crippen LogP contribution in [0.3, 0.4) is 0 Å². The number of rotatable bonds is 3. The molecule has 7 rings (SSSR count). The average molecular weight is 449 g/mol. The van der Waals surface area contributed by atoms with Crippen LogP contribution in [-0.4, -0.2) is 19.4 Å². The molecule has 0 aliphatic rings. The number of pyridine rings is 2. The van der Waals surface area contributed by atoms with Gasteiger partial charge in [0.1, 0.15) is 0 Å². The highest BCUT2D eigenvalue weighted by molar-refractivity contribution is 5.98. The highest BCUT2D eigenvalue weighted by Crippen LogP contribution is 2.33. The van der Waals surface area contributed by atoms with E-state index >= 15 is 0 Å². The highest BCUT2D eigenvalue weighted by Gasteiger charge is 2.14. The van der Waals surface area contributed by atoms with E-state index in [1.807, 2.05) is 42.5 Å². The lowest BCUT2D eigenvalue weighted by atomic mass is 10.0. The Morgan fingerprint density at radius 2 is 1.20 bits per heavy atom. The molecule has 35 heavy (non-hydrogen) atoms. The number of benzene rings is 3. The van der Waals surface area contributed by atoms with Gasteiger partial charge in [0.05, 0.1) is 44.8 Å². The van der Waals surface area contributed by atoms with E-state index in [-0.39, 0.29) is 0 Å². The van der Waals surface area contributed by atoms with E-state index in [4.69, 9.17) is 9.97 Å². The average Bonchev–Trinajstić information content (AvgIpc) is 3.33. The maximum Gasteiger partial charge on any atom is 0.0950 e. The molecule has 7 aromatic rings. The van der Waals surface area contributed by atoms with Gasteiger partial charge in [0.25, 0.3) is 0 Å². The lowest BCUT2D eigenvalue weighted by Gasteiger charge is -2.10. The largest absolute Gasteiger partial charge is 0.306 e. The van der Waals surface area contributed by atoms with E-state index in [9.17, 15) is 0 Å². The van der Waals surface area contributed by atoms with Gasteiger partial charge >= 0.3 is 0 Å². The SMILES string of the molecule is c1ccc(-c2cccc(-c3ccc(-c4nc5ccccc5n5c4cc4ccccc45)cc3)n2)nc1. The Balaban J connectivity index is 1.37. The first-order chi connectivity index (χ1) is 17.3. The third-order valence-electron chi connectivity index (χ3n) is 6.44. The van der Waals surface area contributed by atoms with Crippen LogP contribution < -0.4 is 0 Å². The van der Waals surface area contributed by atoms with Gasteiger partial charge in [0.2, 0.25) is 0 Å². The lowest BCUT2D eigenvalue weighted by molar-refractivity contribution is 1.25. The number of nitrogens with zero attached hydrogens (tertiary/aromatic N) is 4.